The van der Waals surface area contributed by atoms with Crippen LogP contribution in [0.1, 0.15) is 30.3 Å². The lowest BCUT2D eigenvalue weighted by atomic mass is 10.1. The second kappa shape index (κ2) is 7.16. The molecule has 5 rings (SSSR count). The van der Waals surface area contributed by atoms with Gasteiger partial charge < -0.3 is 15.6 Å². The van der Waals surface area contributed by atoms with Crippen molar-refractivity contribution in [3.63, 3.8) is 0 Å². The predicted octanol–water partition coefficient (Wildman–Crippen LogP) is 3.88. The van der Waals surface area contributed by atoms with Crippen molar-refractivity contribution in [3.8, 4) is 11.3 Å². The van der Waals surface area contributed by atoms with Crippen LogP contribution in [-0.2, 0) is 6.18 Å². The van der Waals surface area contributed by atoms with Gasteiger partial charge in [-0.05, 0) is 51.1 Å². The van der Waals surface area contributed by atoms with Gasteiger partial charge >= 0.3 is 6.18 Å². The number of alkyl halides is 3. The highest BCUT2D eigenvalue weighted by molar-refractivity contribution is 6.00. The van der Waals surface area contributed by atoms with Crippen LogP contribution in [0.25, 0.3) is 33.3 Å². The summed E-state index contributed by atoms with van der Waals surface area (Å²) in [6.07, 6.45) is 0.362. The minimum Gasteiger partial charge on any atom is -0.383 e. The van der Waals surface area contributed by atoms with Gasteiger partial charge in [0.25, 0.3) is 0 Å². The van der Waals surface area contributed by atoms with Gasteiger partial charge in [0.1, 0.15) is 22.7 Å². The Morgan fingerprint density at radius 2 is 1.84 bits per heavy atom. The average Bonchev–Trinajstić information content (AvgIpc) is 3.10. The first-order valence-electron chi connectivity index (χ1n) is 10.0. The van der Waals surface area contributed by atoms with Crippen molar-refractivity contribution >= 4 is 27.9 Å². The number of nitrogens with one attached hydrogen (secondary N) is 1. The van der Waals surface area contributed by atoms with Crippen molar-refractivity contribution in [3.05, 3.63) is 42.0 Å². The van der Waals surface area contributed by atoms with Crippen LogP contribution in [0.15, 0.2) is 30.6 Å². The van der Waals surface area contributed by atoms with Crippen molar-refractivity contribution in [1.82, 2.24) is 29.8 Å². The van der Waals surface area contributed by atoms with Crippen molar-refractivity contribution in [2.24, 2.45) is 0 Å². The fourth-order valence-corrected chi connectivity index (χ4v) is 4.27. The van der Waals surface area contributed by atoms with Gasteiger partial charge in [0.15, 0.2) is 0 Å². The minimum absolute atomic E-state index is 0.241. The standard InChI is InChI=1S/C21H20F3N7/c1-11-29-17-10-27-16-3-2-15(12-8-14(21(22,23)24)20(25)28-9-12)30-18(16)19(17)31(11)13-4-6-26-7-5-13/h2-3,8-10,13,26H,4-7H2,1H3,(H2,25,28). The van der Waals surface area contributed by atoms with E-state index >= 15 is 0 Å². The van der Waals surface area contributed by atoms with Gasteiger partial charge in [-0.25, -0.2) is 15.0 Å². The molecule has 0 radical (unpaired) electrons. The molecule has 3 N–H and O–H groups in total. The van der Waals surface area contributed by atoms with Gasteiger partial charge in [-0.1, -0.05) is 0 Å². The van der Waals surface area contributed by atoms with E-state index in [1.165, 1.54) is 6.20 Å². The first kappa shape index (κ1) is 19.7. The van der Waals surface area contributed by atoms with Crippen molar-refractivity contribution in [2.75, 3.05) is 18.8 Å². The number of nitrogen functional groups attached to an aromatic ring is 1. The summed E-state index contributed by atoms with van der Waals surface area (Å²) >= 11 is 0. The Kier molecular flexibility index (Phi) is 4.54. The zero-order valence-corrected chi connectivity index (χ0v) is 16.7. The zero-order chi connectivity index (χ0) is 21.8. The molecule has 0 bridgehead atoms. The van der Waals surface area contributed by atoms with Gasteiger partial charge in [0.2, 0.25) is 0 Å². The molecule has 7 nitrogen and oxygen atoms in total. The van der Waals surface area contributed by atoms with Crippen molar-refractivity contribution in [2.45, 2.75) is 32.0 Å². The molecule has 1 fully saturated rings. The lowest BCUT2D eigenvalue weighted by Crippen LogP contribution is -2.29. The average molecular weight is 427 g/mol. The number of imidazole rings is 1. The molecule has 10 heteroatoms. The number of halogens is 3. The van der Waals surface area contributed by atoms with Gasteiger partial charge in [-0.3, -0.25) is 4.98 Å². The number of fused-ring (bicyclic) bond motifs is 3. The molecule has 0 atom stereocenters. The quantitative estimate of drug-likeness (QED) is 0.504. The number of nitrogens with two attached hydrogens (primary N) is 1. The number of aromatic nitrogens is 5. The Morgan fingerprint density at radius 1 is 1.06 bits per heavy atom. The largest absolute Gasteiger partial charge is 0.419 e. The fourth-order valence-electron chi connectivity index (χ4n) is 4.27. The third-order valence-corrected chi connectivity index (χ3v) is 5.73. The predicted molar refractivity (Wildman–Crippen MR) is 111 cm³/mol. The topological polar surface area (TPSA) is 94.5 Å². The van der Waals surface area contributed by atoms with E-state index < -0.39 is 17.6 Å². The molecule has 4 aromatic heterocycles. The molecule has 0 unspecified atom stereocenters. The summed E-state index contributed by atoms with van der Waals surface area (Å²) in [6.45, 7) is 3.79. The van der Waals surface area contributed by atoms with Crippen LogP contribution in [0.3, 0.4) is 0 Å². The van der Waals surface area contributed by atoms with Crippen LogP contribution < -0.4 is 11.1 Å². The second-order valence-corrected chi connectivity index (χ2v) is 7.72. The fraction of sp³-hybridized carbons (Fsp3) is 0.333. The highest BCUT2D eigenvalue weighted by Crippen LogP contribution is 2.36. The number of pyridine rings is 3. The normalized spacial score (nSPS) is 15.7. The van der Waals surface area contributed by atoms with Crippen LogP contribution in [-0.4, -0.2) is 37.6 Å². The first-order valence-corrected chi connectivity index (χ1v) is 10.0. The molecule has 0 aromatic carbocycles. The lowest BCUT2D eigenvalue weighted by Gasteiger charge is -2.26. The molecule has 0 saturated carbocycles. The van der Waals surface area contributed by atoms with Crippen molar-refractivity contribution < 1.29 is 13.2 Å². The Hall–Kier alpha value is -3.27. The molecule has 31 heavy (non-hydrogen) atoms. The second-order valence-electron chi connectivity index (χ2n) is 7.72. The molecule has 1 saturated heterocycles. The van der Waals surface area contributed by atoms with Crippen LogP contribution in [0.4, 0.5) is 19.0 Å². The number of rotatable bonds is 2. The van der Waals surface area contributed by atoms with Gasteiger partial charge in [0, 0.05) is 17.8 Å². The number of anilines is 1. The van der Waals surface area contributed by atoms with Crippen LogP contribution in [0.2, 0.25) is 0 Å². The Bertz CT molecular complexity index is 1290. The number of aryl methyl sites for hydroxylation is 1. The molecular weight excluding hydrogens is 407 g/mol. The number of piperidine rings is 1. The molecule has 5 heterocycles. The lowest BCUT2D eigenvalue weighted by molar-refractivity contribution is -0.137. The van der Waals surface area contributed by atoms with E-state index in [0.29, 0.717) is 16.7 Å². The van der Waals surface area contributed by atoms with Gasteiger partial charge in [0.05, 0.1) is 28.5 Å². The molecule has 4 aromatic rings. The Balaban J connectivity index is 1.72. The SMILES string of the molecule is Cc1nc2cnc3ccc(-c4cnc(N)c(C(F)(F)F)c4)nc3c2n1C1CCNCC1. The van der Waals surface area contributed by atoms with Gasteiger partial charge in [-0.15, -0.1) is 0 Å². The summed E-state index contributed by atoms with van der Waals surface area (Å²) in [4.78, 5) is 17.6. The molecule has 0 aliphatic carbocycles. The summed E-state index contributed by atoms with van der Waals surface area (Å²) < 4.78 is 42.1. The van der Waals surface area contributed by atoms with E-state index in [0.717, 1.165) is 48.9 Å². The van der Waals surface area contributed by atoms with E-state index in [4.69, 9.17) is 10.7 Å². The Morgan fingerprint density at radius 3 is 2.58 bits per heavy atom. The highest BCUT2D eigenvalue weighted by Gasteiger charge is 2.34. The van der Waals surface area contributed by atoms with Crippen molar-refractivity contribution in [1.29, 1.82) is 0 Å². The summed E-state index contributed by atoms with van der Waals surface area (Å²) in [5.74, 6) is 0.317. The molecule has 0 spiro atoms. The third kappa shape index (κ3) is 3.36. The first-order chi connectivity index (χ1) is 14.8. The highest BCUT2D eigenvalue weighted by atomic mass is 19.4. The van der Waals surface area contributed by atoms with Gasteiger partial charge in [-0.2, -0.15) is 13.2 Å². The summed E-state index contributed by atoms with van der Waals surface area (Å²) in [5, 5.41) is 3.36. The maximum atomic E-state index is 13.3. The van der Waals surface area contributed by atoms with E-state index in [9.17, 15) is 13.2 Å². The minimum atomic E-state index is -4.59. The van der Waals surface area contributed by atoms with E-state index in [2.05, 4.69) is 24.8 Å². The van der Waals surface area contributed by atoms with E-state index in [1.807, 2.05) is 6.92 Å². The maximum absolute atomic E-state index is 13.3. The molecule has 1 aliphatic heterocycles. The molecule has 0 amide bonds. The molecule has 160 valence electrons. The number of hydrogen-bond donors (Lipinski definition) is 2. The third-order valence-electron chi connectivity index (χ3n) is 5.73. The Labute approximate surface area is 175 Å². The summed E-state index contributed by atoms with van der Waals surface area (Å²) in [7, 11) is 0. The van der Waals surface area contributed by atoms with E-state index in [1.54, 1.807) is 18.3 Å². The molecule has 1 aliphatic rings. The maximum Gasteiger partial charge on any atom is 0.419 e. The number of nitrogens with zero attached hydrogens (tertiary/aromatic N) is 5. The van der Waals surface area contributed by atoms with Crippen LogP contribution >= 0.6 is 0 Å². The van der Waals surface area contributed by atoms with Crippen LogP contribution in [0, 0.1) is 6.92 Å². The summed E-state index contributed by atoms with van der Waals surface area (Å²) in [5.41, 5.74) is 7.93. The monoisotopic (exact) mass is 427 g/mol. The van der Waals surface area contributed by atoms with E-state index in [-0.39, 0.29) is 11.6 Å². The van der Waals surface area contributed by atoms with Crippen LogP contribution in [0.5, 0.6) is 0 Å². The number of hydrogen-bond acceptors (Lipinski definition) is 6. The summed E-state index contributed by atoms with van der Waals surface area (Å²) in [6, 6.07) is 4.67. The molecular formula is C21H20F3N7. The smallest absolute Gasteiger partial charge is 0.383 e. The zero-order valence-electron chi connectivity index (χ0n) is 16.7.